The molecule has 1 aromatic carbocycles. The summed E-state index contributed by atoms with van der Waals surface area (Å²) < 4.78 is -0.478. The van der Waals surface area contributed by atoms with Crippen molar-refractivity contribution in [3.05, 3.63) is 23.8 Å². The van der Waals surface area contributed by atoms with Crippen molar-refractivity contribution in [2.24, 2.45) is 0 Å². The molecule has 0 spiro atoms. The number of aliphatic hydroxyl groups is 2. The van der Waals surface area contributed by atoms with Gasteiger partial charge in [-0.1, -0.05) is 12.1 Å². The number of aryl methyl sites for hydroxylation is 1. The molecule has 0 aromatic heterocycles. The van der Waals surface area contributed by atoms with Crippen LogP contribution < -0.4 is 0 Å². The van der Waals surface area contributed by atoms with Crippen LogP contribution in [0.25, 0.3) is 0 Å². The summed E-state index contributed by atoms with van der Waals surface area (Å²) in [5.74, 6) is 0. The van der Waals surface area contributed by atoms with Crippen LogP contribution in [0.3, 0.4) is 0 Å². The third-order valence-corrected chi connectivity index (χ3v) is 5.44. The summed E-state index contributed by atoms with van der Waals surface area (Å²) >= 11 is 3.13. The number of thioether (sulfide) groups is 2. The molecule has 2 nitrogen and oxygen atoms in total. The summed E-state index contributed by atoms with van der Waals surface area (Å²) in [7, 11) is 0. The fourth-order valence-corrected chi connectivity index (χ4v) is 4.19. The Bertz CT molecular complexity index is 348. The van der Waals surface area contributed by atoms with E-state index in [4.69, 9.17) is 0 Å². The number of aliphatic hydroxyl groups excluding tert-OH is 2. The first kappa shape index (κ1) is 10.4. The lowest BCUT2D eigenvalue weighted by atomic mass is 10.2. The highest BCUT2D eigenvalue weighted by molar-refractivity contribution is 8.20. The zero-order chi connectivity index (χ0) is 10.2. The minimum absolute atomic E-state index is 0.00699. The van der Waals surface area contributed by atoms with Crippen molar-refractivity contribution in [1.82, 2.24) is 0 Å². The van der Waals surface area contributed by atoms with Gasteiger partial charge in [0.1, 0.15) is 4.08 Å². The van der Waals surface area contributed by atoms with Gasteiger partial charge in [-0.15, -0.1) is 23.5 Å². The lowest BCUT2D eigenvalue weighted by molar-refractivity contribution is 0.216. The van der Waals surface area contributed by atoms with Crippen molar-refractivity contribution in [2.75, 3.05) is 13.2 Å². The molecule has 0 aliphatic carbocycles. The molecule has 0 fully saturated rings. The second kappa shape index (κ2) is 3.77. The molecule has 0 radical (unpaired) electrons. The van der Waals surface area contributed by atoms with Crippen molar-refractivity contribution >= 4 is 23.5 Å². The quantitative estimate of drug-likeness (QED) is 0.811. The van der Waals surface area contributed by atoms with Crippen LogP contribution in [-0.2, 0) is 0 Å². The van der Waals surface area contributed by atoms with Gasteiger partial charge in [0.05, 0.1) is 13.2 Å². The Balaban J connectivity index is 2.38. The predicted molar refractivity (Wildman–Crippen MR) is 59.8 cm³/mol. The Hall–Kier alpha value is -0.160. The standard InChI is InChI=1S/C10H12O2S2/c1-7-3-2-4-8-9(7)14-10(5-11,6-12)13-8/h2-4,11-12H,5-6H2,1H3. The summed E-state index contributed by atoms with van der Waals surface area (Å²) in [6.07, 6.45) is 0. The van der Waals surface area contributed by atoms with E-state index in [-0.39, 0.29) is 13.2 Å². The fourth-order valence-electron chi connectivity index (χ4n) is 1.42. The zero-order valence-corrected chi connectivity index (χ0v) is 9.49. The van der Waals surface area contributed by atoms with Gasteiger partial charge in [-0.2, -0.15) is 0 Å². The topological polar surface area (TPSA) is 40.5 Å². The number of rotatable bonds is 2. The summed E-state index contributed by atoms with van der Waals surface area (Å²) in [6.45, 7) is 2.04. The van der Waals surface area contributed by atoms with Gasteiger partial charge in [-0.3, -0.25) is 0 Å². The van der Waals surface area contributed by atoms with E-state index in [0.29, 0.717) is 0 Å². The molecule has 76 valence electrons. The lowest BCUT2D eigenvalue weighted by Crippen LogP contribution is -2.27. The van der Waals surface area contributed by atoms with Gasteiger partial charge in [0.2, 0.25) is 0 Å². The van der Waals surface area contributed by atoms with Crippen LogP contribution in [0.15, 0.2) is 28.0 Å². The molecule has 1 aromatic rings. The van der Waals surface area contributed by atoms with Crippen molar-refractivity contribution in [1.29, 1.82) is 0 Å². The van der Waals surface area contributed by atoms with Gasteiger partial charge >= 0.3 is 0 Å². The molecular weight excluding hydrogens is 216 g/mol. The van der Waals surface area contributed by atoms with Crippen molar-refractivity contribution in [3.63, 3.8) is 0 Å². The number of hydrogen-bond acceptors (Lipinski definition) is 4. The Morgan fingerprint density at radius 3 is 2.50 bits per heavy atom. The maximum atomic E-state index is 9.28. The van der Waals surface area contributed by atoms with E-state index < -0.39 is 4.08 Å². The van der Waals surface area contributed by atoms with Crippen LogP contribution in [0.4, 0.5) is 0 Å². The van der Waals surface area contributed by atoms with Crippen LogP contribution in [0.5, 0.6) is 0 Å². The smallest absolute Gasteiger partial charge is 0.116 e. The Morgan fingerprint density at radius 2 is 1.93 bits per heavy atom. The summed E-state index contributed by atoms with van der Waals surface area (Å²) in [4.78, 5) is 2.36. The average molecular weight is 228 g/mol. The van der Waals surface area contributed by atoms with Gasteiger partial charge in [0, 0.05) is 9.79 Å². The molecule has 1 aliphatic heterocycles. The maximum absolute atomic E-state index is 9.28. The second-order valence-corrected chi connectivity index (χ2v) is 6.41. The van der Waals surface area contributed by atoms with Crippen LogP contribution in [-0.4, -0.2) is 27.5 Å². The molecule has 1 heterocycles. The van der Waals surface area contributed by atoms with Gasteiger partial charge in [-0.05, 0) is 18.6 Å². The number of fused-ring (bicyclic) bond motifs is 1. The Kier molecular flexibility index (Phi) is 2.79. The predicted octanol–water partition coefficient (Wildman–Crippen LogP) is 1.87. The third-order valence-electron chi connectivity index (χ3n) is 2.24. The molecule has 0 amide bonds. The first-order chi connectivity index (χ1) is 6.71. The van der Waals surface area contributed by atoms with Gasteiger partial charge in [0.25, 0.3) is 0 Å². The van der Waals surface area contributed by atoms with Crippen LogP contribution >= 0.6 is 23.5 Å². The largest absolute Gasteiger partial charge is 0.394 e. The first-order valence-electron chi connectivity index (χ1n) is 4.40. The van der Waals surface area contributed by atoms with Crippen molar-refractivity contribution < 1.29 is 10.2 Å². The van der Waals surface area contributed by atoms with E-state index in [1.54, 1.807) is 23.5 Å². The average Bonchev–Trinajstić information content (AvgIpc) is 2.59. The third kappa shape index (κ3) is 1.56. The molecule has 1 aliphatic rings. The van der Waals surface area contributed by atoms with E-state index in [0.717, 1.165) is 4.90 Å². The van der Waals surface area contributed by atoms with E-state index in [1.807, 2.05) is 12.1 Å². The molecule has 0 unspecified atom stereocenters. The maximum Gasteiger partial charge on any atom is 0.116 e. The molecule has 0 saturated heterocycles. The molecule has 0 atom stereocenters. The van der Waals surface area contributed by atoms with E-state index >= 15 is 0 Å². The number of hydrogen-bond donors (Lipinski definition) is 2. The molecule has 2 N–H and O–H groups in total. The highest BCUT2D eigenvalue weighted by Gasteiger charge is 2.38. The molecule has 2 rings (SSSR count). The minimum Gasteiger partial charge on any atom is -0.394 e. The SMILES string of the molecule is Cc1cccc2c1SC(CO)(CO)S2. The van der Waals surface area contributed by atoms with E-state index in [1.165, 1.54) is 10.5 Å². The monoisotopic (exact) mass is 228 g/mol. The van der Waals surface area contributed by atoms with Crippen molar-refractivity contribution in [3.8, 4) is 0 Å². The Morgan fingerprint density at radius 1 is 1.21 bits per heavy atom. The zero-order valence-electron chi connectivity index (χ0n) is 7.86. The molecule has 0 saturated carbocycles. The van der Waals surface area contributed by atoms with Crippen LogP contribution in [0.2, 0.25) is 0 Å². The number of benzene rings is 1. The highest BCUT2D eigenvalue weighted by atomic mass is 32.2. The molecule has 14 heavy (non-hydrogen) atoms. The lowest BCUT2D eigenvalue weighted by Gasteiger charge is -2.20. The fraction of sp³-hybridized carbons (Fsp3) is 0.400. The minimum atomic E-state index is -0.478. The highest BCUT2D eigenvalue weighted by Crippen LogP contribution is 2.56. The summed E-state index contributed by atoms with van der Waals surface area (Å²) in [6, 6.07) is 6.09. The normalized spacial score (nSPS) is 18.2. The summed E-state index contributed by atoms with van der Waals surface area (Å²) in [5.41, 5.74) is 1.21. The molecule has 4 heteroatoms. The van der Waals surface area contributed by atoms with Crippen LogP contribution in [0, 0.1) is 6.92 Å². The Labute approximate surface area is 91.7 Å². The van der Waals surface area contributed by atoms with Crippen molar-refractivity contribution in [2.45, 2.75) is 20.8 Å². The van der Waals surface area contributed by atoms with Gasteiger partial charge < -0.3 is 10.2 Å². The first-order valence-corrected chi connectivity index (χ1v) is 6.03. The molecule has 0 bridgehead atoms. The molecular formula is C10H12O2S2. The van der Waals surface area contributed by atoms with Gasteiger partial charge in [-0.25, -0.2) is 0 Å². The second-order valence-electron chi connectivity index (χ2n) is 3.33. The van der Waals surface area contributed by atoms with Gasteiger partial charge in [0.15, 0.2) is 0 Å². The van der Waals surface area contributed by atoms with Crippen LogP contribution in [0.1, 0.15) is 5.56 Å². The van der Waals surface area contributed by atoms with E-state index in [9.17, 15) is 10.2 Å². The van der Waals surface area contributed by atoms with E-state index in [2.05, 4.69) is 13.0 Å². The summed E-state index contributed by atoms with van der Waals surface area (Å²) in [5, 5.41) is 18.6.